The average Bonchev–Trinajstić information content (AvgIpc) is 3.01. The first-order valence-corrected chi connectivity index (χ1v) is 8.62. The first kappa shape index (κ1) is 16.4. The quantitative estimate of drug-likeness (QED) is 0.706. The Balaban J connectivity index is 2.09. The summed E-state index contributed by atoms with van der Waals surface area (Å²) in [4.78, 5) is 6.69. The van der Waals surface area contributed by atoms with Gasteiger partial charge in [0.15, 0.2) is 0 Å². The van der Waals surface area contributed by atoms with Gasteiger partial charge in [0.1, 0.15) is 17.5 Å². The zero-order valence-corrected chi connectivity index (χ0v) is 15.0. The lowest BCUT2D eigenvalue weighted by Crippen LogP contribution is -2.29. The number of fused-ring (bicyclic) bond motifs is 3. The van der Waals surface area contributed by atoms with Gasteiger partial charge in [-0.15, -0.1) is 10.2 Å². The second kappa shape index (κ2) is 6.05. The lowest BCUT2D eigenvalue weighted by atomic mass is 9.96. The van der Waals surface area contributed by atoms with Gasteiger partial charge in [0.25, 0.3) is 5.78 Å². The van der Waals surface area contributed by atoms with Gasteiger partial charge in [0, 0.05) is 12.2 Å². The SMILES string of the molecule is C=CC1=C(C(=C)C)CCCN1c1nc2nnc(C)n2c2cccc(F)c12. The molecular formula is C20H20FN5. The Hall–Kier alpha value is -3.02. The van der Waals surface area contributed by atoms with E-state index < -0.39 is 0 Å². The molecule has 0 atom stereocenters. The molecule has 0 N–H and O–H groups in total. The van der Waals surface area contributed by atoms with E-state index >= 15 is 0 Å². The van der Waals surface area contributed by atoms with E-state index in [1.165, 1.54) is 6.07 Å². The van der Waals surface area contributed by atoms with Crippen molar-refractivity contribution < 1.29 is 4.39 Å². The van der Waals surface area contributed by atoms with Crippen LogP contribution in [0.4, 0.5) is 10.2 Å². The van der Waals surface area contributed by atoms with Crippen LogP contribution < -0.4 is 4.90 Å². The summed E-state index contributed by atoms with van der Waals surface area (Å²) in [5.74, 6) is 1.37. The van der Waals surface area contributed by atoms with Crippen molar-refractivity contribution in [3.63, 3.8) is 0 Å². The first-order valence-electron chi connectivity index (χ1n) is 8.62. The minimum Gasteiger partial charge on any atom is -0.325 e. The predicted octanol–water partition coefficient (Wildman–Crippen LogP) is 4.34. The van der Waals surface area contributed by atoms with Crippen molar-refractivity contribution >= 4 is 22.5 Å². The Kier molecular flexibility index (Phi) is 3.83. The van der Waals surface area contributed by atoms with Gasteiger partial charge in [-0.25, -0.2) is 4.39 Å². The van der Waals surface area contributed by atoms with Crippen LogP contribution in [0.3, 0.4) is 0 Å². The molecule has 0 aliphatic carbocycles. The molecule has 0 unspecified atom stereocenters. The molecule has 1 aliphatic heterocycles. The number of allylic oxidation sites excluding steroid dienone is 3. The van der Waals surface area contributed by atoms with E-state index in [0.717, 1.165) is 36.2 Å². The lowest BCUT2D eigenvalue weighted by Gasteiger charge is -2.32. The molecule has 4 rings (SSSR count). The Bertz CT molecular complexity index is 1090. The molecule has 0 saturated heterocycles. The molecule has 0 bridgehead atoms. The molecule has 5 nitrogen and oxygen atoms in total. The Morgan fingerprint density at radius 1 is 1.31 bits per heavy atom. The summed E-state index contributed by atoms with van der Waals surface area (Å²) in [6.45, 7) is 12.6. The number of anilines is 1. The maximum Gasteiger partial charge on any atom is 0.257 e. The van der Waals surface area contributed by atoms with Gasteiger partial charge < -0.3 is 4.90 Å². The zero-order valence-electron chi connectivity index (χ0n) is 15.0. The summed E-state index contributed by atoms with van der Waals surface area (Å²) < 4.78 is 16.7. The third kappa shape index (κ3) is 2.33. The van der Waals surface area contributed by atoms with Crippen molar-refractivity contribution in [3.05, 3.63) is 65.9 Å². The number of nitrogens with zero attached hydrogens (tertiary/aromatic N) is 5. The number of rotatable bonds is 3. The van der Waals surface area contributed by atoms with E-state index in [9.17, 15) is 4.39 Å². The monoisotopic (exact) mass is 349 g/mol. The molecule has 6 heteroatoms. The second-order valence-electron chi connectivity index (χ2n) is 6.56. The van der Waals surface area contributed by atoms with Crippen LogP contribution in [0.2, 0.25) is 0 Å². The first-order chi connectivity index (χ1) is 12.5. The van der Waals surface area contributed by atoms with Crippen LogP contribution in [-0.4, -0.2) is 26.1 Å². The maximum absolute atomic E-state index is 14.9. The Labute approximate surface area is 151 Å². The van der Waals surface area contributed by atoms with Crippen LogP contribution in [-0.2, 0) is 0 Å². The molecule has 0 fully saturated rings. The van der Waals surface area contributed by atoms with Crippen molar-refractivity contribution in [2.45, 2.75) is 26.7 Å². The van der Waals surface area contributed by atoms with Crippen LogP contribution >= 0.6 is 0 Å². The van der Waals surface area contributed by atoms with Crippen molar-refractivity contribution in [3.8, 4) is 0 Å². The van der Waals surface area contributed by atoms with E-state index in [4.69, 9.17) is 0 Å². The molecule has 0 radical (unpaired) electrons. The fourth-order valence-corrected chi connectivity index (χ4v) is 3.68. The summed E-state index contributed by atoms with van der Waals surface area (Å²) >= 11 is 0. The van der Waals surface area contributed by atoms with Crippen LogP contribution in [0.25, 0.3) is 16.7 Å². The number of halogens is 1. The summed E-state index contributed by atoms with van der Waals surface area (Å²) in [5.41, 5.74) is 3.77. The molecule has 3 heterocycles. The summed E-state index contributed by atoms with van der Waals surface area (Å²) in [5, 5.41) is 8.72. The van der Waals surface area contributed by atoms with E-state index in [1.807, 2.05) is 24.8 Å². The molecule has 1 aromatic carbocycles. The number of aryl methyl sites for hydroxylation is 1. The van der Waals surface area contributed by atoms with Crippen LogP contribution in [0.1, 0.15) is 25.6 Å². The highest BCUT2D eigenvalue weighted by Gasteiger charge is 2.25. The topological polar surface area (TPSA) is 46.3 Å². The standard InChI is InChI=1S/C20H20FN5/c1-5-16-14(12(2)3)8-7-11-25(16)19-18-15(21)9-6-10-17(18)26-13(4)23-24-20(26)22-19/h5-6,9-10H,1-2,7-8,11H2,3-4H3. The number of hydrogen-bond donors (Lipinski definition) is 0. The average molecular weight is 349 g/mol. The molecule has 1 aliphatic rings. The lowest BCUT2D eigenvalue weighted by molar-refractivity contribution is 0.638. The van der Waals surface area contributed by atoms with E-state index in [-0.39, 0.29) is 5.82 Å². The normalized spacial score (nSPS) is 15.1. The van der Waals surface area contributed by atoms with Crippen molar-refractivity contribution in [2.75, 3.05) is 11.4 Å². The van der Waals surface area contributed by atoms with Crippen molar-refractivity contribution in [1.82, 2.24) is 19.6 Å². The molecule has 132 valence electrons. The van der Waals surface area contributed by atoms with Crippen molar-refractivity contribution in [2.24, 2.45) is 0 Å². The van der Waals surface area contributed by atoms with Crippen LogP contribution in [0.5, 0.6) is 0 Å². The minimum atomic E-state index is -0.314. The van der Waals surface area contributed by atoms with Gasteiger partial charge in [-0.1, -0.05) is 24.8 Å². The molecule has 3 aromatic rings. The number of hydrogen-bond acceptors (Lipinski definition) is 4. The minimum absolute atomic E-state index is 0.314. The van der Waals surface area contributed by atoms with Gasteiger partial charge in [-0.3, -0.25) is 4.40 Å². The van der Waals surface area contributed by atoms with Gasteiger partial charge in [-0.05, 0) is 50.5 Å². The summed E-state index contributed by atoms with van der Waals surface area (Å²) in [7, 11) is 0. The molecule has 0 amide bonds. The highest BCUT2D eigenvalue weighted by atomic mass is 19.1. The maximum atomic E-state index is 14.9. The number of benzene rings is 1. The zero-order chi connectivity index (χ0) is 18.4. The van der Waals surface area contributed by atoms with E-state index in [1.54, 1.807) is 16.5 Å². The third-order valence-electron chi connectivity index (χ3n) is 4.84. The van der Waals surface area contributed by atoms with Crippen molar-refractivity contribution in [1.29, 1.82) is 0 Å². The fourth-order valence-electron chi connectivity index (χ4n) is 3.68. The molecule has 2 aromatic heterocycles. The van der Waals surface area contributed by atoms with Gasteiger partial charge in [0.2, 0.25) is 0 Å². The Morgan fingerprint density at radius 2 is 2.12 bits per heavy atom. The summed E-state index contributed by atoms with van der Waals surface area (Å²) in [6.07, 6.45) is 3.67. The number of aromatic nitrogens is 4. The van der Waals surface area contributed by atoms with E-state index in [0.29, 0.717) is 28.3 Å². The van der Waals surface area contributed by atoms with Crippen LogP contribution in [0.15, 0.2) is 54.3 Å². The van der Waals surface area contributed by atoms with Gasteiger partial charge in [-0.2, -0.15) is 4.98 Å². The van der Waals surface area contributed by atoms with Gasteiger partial charge >= 0.3 is 0 Å². The largest absolute Gasteiger partial charge is 0.325 e. The molecular weight excluding hydrogens is 329 g/mol. The molecule has 26 heavy (non-hydrogen) atoms. The van der Waals surface area contributed by atoms with Gasteiger partial charge in [0.05, 0.1) is 10.9 Å². The summed E-state index contributed by atoms with van der Waals surface area (Å²) in [6, 6.07) is 5.02. The van der Waals surface area contributed by atoms with Crippen LogP contribution in [0, 0.1) is 12.7 Å². The third-order valence-corrected chi connectivity index (χ3v) is 4.84. The highest BCUT2D eigenvalue weighted by Crippen LogP contribution is 2.36. The van der Waals surface area contributed by atoms with E-state index in [2.05, 4.69) is 28.3 Å². The molecule has 0 spiro atoms. The fraction of sp³-hybridized carbons (Fsp3) is 0.250. The second-order valence-corrected chi connectivity index (χ2v) is 6.56. The predicted molar refractivity (Wildman–Crippen MR) is 102 cm³/mol. The Morgan fingerprint density at radius 3 is 2.85 bits per heavy atom. The highest BCUT2D eigenvalue weighted by molar-refractivity contribution is 5.93. The molecule has 0 saturated carbocycles. The smallest absolute Gasteiger partial charge is 0.257 e.